The maximum Gasteiger partial charge on any atom is 0.0579 e. The molecule has 0 radical (unpaired) electrons. The lowest BCUT2D eigenvalue weighted by atomic mass is 9.85. The number of hydrogen-bond acceptors (Lipinski definition) is 1. The summed E-state index contributed by atoms with van der Waals surface area (Å²) in [5.41, 5.74) is 1.30. The summed E-state index contributed by atoms with van der Waals surface area (Å²) in [6.07, 6.45) is 2.68. The van der Waals surface area contributed by atoms with E-state index in [1.54, 1.807) is 0 Å². The molecule has 0 amide bonds. The Hall–Kier alpha value is 0.620. The number of benzene rings is 1. The highest BCUT2D eigenvalue weighted by Gasteiger charge is 2.33. The molecule has 1 saturated carbocycles. The molecule has 1 aliphatic rings. The van der Waals surface area contributed by atoms with Gasteiger partial charge >= 0.3 is 0 Å². The maximum atomic E-state index is 5.93. The van der Waals surface area contributed by atoms with Gasteiger partial charge in [-0.25, -0.2) is 0 Å². The van der Waals surface area contributed by atoms with Crippen molar-refractivity contribution in [3.63, 3.8) is 0 Å². The molecule has 0 saturated heterocycles. The van der Waals surface area contributed by atoms with Crippen LogP contribution in [0.25, 0.3) is 0 Å². The van der Waals surface area contributed by atoms with E-state index in [9.17, 15) is 0 Å². The minimum Gasteiger partial charge on any atom is -0.380 e. The van der Waals surface area contributed by atoms with Gasteiger partial charge in [-0.15, -0.1) is 0 Å². The van der Waals surface area contributed by atoms with Crippen LogP contribution in [-0.2, 0) is 10.2 Å². The third-order valence-electron chi connectivity index (χ3n) is 3.39. The molecule has 0 spiro atoms. The van der Waals surface area contributed by atoms with Gasteiger partial charge in [0.05, 0.1) is 6.61 Å². The summed E-state index contributed by atoms with van der Waals surface area (Å²) in [5, 5.41) is 1.77. The second-order valence-electron chi connectivity index (χ2n) is 4.99. The van der Waals surface area contributed by atoms with Crippen molar-refractivity contribution in [2.45, 2.75) is 18.3 Å². The average Bonchev–Trinajstić information content (AvgIpc) is 3.20. The van der Waals surface area contributed by atoms with Crippen LogP contribution in [0.5, 0.6) is 0 Å². The van der Waals surface area contributed by atoms with E-state index in [4.69, 9.17) is 4.74 Å². The first-order valence-electron chi connectivity index (χ1n) is 6.16. The van der Waals surface area contributed by atoms with Gasteiger partial charge in [0.15, 0.2) is 0 Å². The molecule has 0 bridgehead atoms. The standard InChI is InChI=1S/C14H17Br3O/c15-8-14(9-16,10-18-7-11-5-6-11)12-3-1-2-4-13(12)17/h1-4,11H,5-10H2. The predicted molar refractivity (Wildman–Crippen MR) is 87.0 cm³/mol. The van der Waals surface area contributed by atoms with Crippen LogP contribution in [0, 0.1) is 5.92 Å². The zero-order chi connectivity index (χ0) is 13.0. The first-order valence-corrected chi connectivity index (χ1v) is 9.20. The van der Waals surface area contributed by atoms with E-state index < -0.39 is 0 Å². The van der Waals surface area contributed by atoms with Gasteiger partial charge in [0.2, 0.25) is 0 Å². The van der Waals surface area contributed by atoms with Crippen LogP contribution in [0.3, 0.4) is 0 Å². The molecule has 0 aliphatic heterocycles. The Morgan fingerprint density at radius 3 is 2.39 bits per heavy atom. The van der Waals surface area contributed by atoms with Crippen molar-refractivity contribution in [2.75, 3.05) is 23.9 Å². The van der Waals surface area contributed by atoms with Gasteiger partial charge in [-0.2, -0.15) is 0 Å². The smallest absolute Gasteiger partial charge is 0.0579 e. The van der Waals surface area contributed by atoms with Crippen molar-refractivity contribution in [1.82, 2.24) is 0 Å². The minimum atomic E-state index is -0.00498. The SMILES string of the molecule is BrCC(CBr)(COCC1CC1)c1ccccc1Br. The molecule has 1 nitrogen and oxygen atoms in total. The summed E-state index contributed by atoms with van der Waals surface area (Å²) >= 11 is 11.0. The number of ether oxygens (including phenoxy) is 1. The van der Waals surface area contributed by atoms with Gasteiger partial charge in [0, 0.05) is 27.2 Å². The Labute approximate surface area is 134 Å². The van der Waals surface area contributed by atoms with Gasteiger partial charge in [0.1, 0.15) is 0 Å². The highest BCUT2D eigenvalue weighted by Crippen LogP contribution is 2.35. The lowest BCUT2D eigenvalue weighted by Gasteiger charge is -2.31. The van der Waals surface area contributed by atoms with E-state index >= 15 is 0 Å². The third-order valence-corrected chi connectivity index (χ3v) is 6.22. The molecule has 1 aromatic rings. The molecule has 1 fully saturated rings. The van der Waals surface area contributed by atoms with Gasteiger partial charge in [0.25, 0.3) is 0 Å². The second-order valence-corrected chi connectivity index (χ2v) is 6.96. The zero-order valence-electron chi connectivity index (χ0n) is 10.2. The van der Waals surface area contributed by atoms with E-state index in [1.165, 1.54) is 18.4 Å². The second kappa shape index (κ2) is 6.87. The molecule has 1 aliphatic carbocycles. The molecule has 0 heterocycles. The molecule has 0 atom stereocenters. The normalized spacial score (nSPS) is 15.9. The fourth-order valence-corrected chi connectivity index (χ4v) is 4.49. The van der Waals surface area contributed by atoms with Crippen molar-refractivity contribution in [3.8, 4) is 0 Å². The molecule has 0 N–H and O–H groups in total. The molecule has 100 valence electrons. The van der Waals surface area contributed by atoms with Crippen LogP contribution in [-0.4, -0.2) is 23.9 Å². The summed E-state index contributed by atoms with van der Waals surface area (Å²) < 4.78 is 7.09. The summed E-state index contributed by atoms with van der Waals surface area (Å²) in [7, 11) is 0. The molecule has 0 unspecified atom stereocenters. The Morgan fingerprint density at radius 1 is 1.17 bits per heavy atom. The number of rotatable bonds is 7. The quantitative estimate of drug-likeness (QED) is 0.548. The molecule has 1 aromatic carbocycles. The summed E-state index contributed by atoms with van der Waals surface area (Å²) in [4.78, 5) is 0. The van der Waals surface area contributed by atoms with E-state index in [-0.39, 0.29) is 5.41 Å². The largest absolute Gasteiger partial charge is 0.380 e. The minimum absolute atomic E-state index is 0.00498. The van der Waals surface area contributed by atoms with E-state index in [0.717, 1.165) is 34.3 Å². The van der Waals surface area contributed by atoms with Crippen LogP contribution in [0.1, 0.15) is 18.4 Å². The predicted octanol–water partition coefficient (Wildman–Crippen LogP) is 4.90. The Balaban J connectivity index is 2.11. The van der Waals surface area contributed by atoms with Crippen molar-refractivity contribution >= 4 is 47.8 Å². The highest BCUT2D eigenvalue weighted by atomic mass is 79.9. The summed E-state index contributed by atoms with van der Waals surface area (Å²) in [6, 6.07) is 8.40. The van der Waals surface area contributed by atoms with Crippen molar-refractivity contribution in [3.05, 3.63) is 34.3 Å². The lowest BCUT2D eigenvalue weighted by Crippen LogP contribution is -2.36. The molecule has 4 heteroatoms. The molecule has 0 aromatic heterocycles. The van der Waals surface area contributed by atoms with Crippen LogP contribution < -0.4 is 0 Å². The van der Waals surface area contributed by atoms with E-state index in [2.05, 4.69) is 66.0 Å². The van der Waals surface area contributed by atoms with Crippen molar-refractivity contribution < 1.29 is 4.74 Å². The Bertz CT molecular complexity index is 386. The van der Waals surface area contributed by atoms with Gasteiger partial charge < -0.3 is 4.74 Å². The lowest BCUT2D eigenvalue weighted by molar-refractivity contribution is 0.0902. The number of alkyl halides is 2. The van der Waals surface area contributed by atoms with E-state index in [0.29, 0.717) is 0 Å². The molecule has 18 heavy (non-hydrogen) atoms. The summed E-state index contributed by atoms with van der Waals surface area (Å²) in [5.74, 6) is 0.813. The Kier molecular flexibility index (Phi) is 5.73. The van der Waals surface area contributed by atoms with Crippen molar-refractivity contribution in [1.29, 1.82) is 0 Å². The summed E-state index contributed by atoms with van der Waals surface area (Å²) in [6.45, 7) is 1.66. The number of hydrogen-bond donors (Lipinski definition) is 0. The Morgan fingerprint density at radius 2 is 1.83 bits per heavy atom. The third kappa shape index (κ3) is 3.59. The van der Waals surface area contributed by atoms with Gasteiger partial charge in [-0.05, 0) is 30.4 Å². The van der Waals surface area contributed by atoms with Crippen LogP contribution in [0.4, 0.5) is 0 Å². The highest BCUT2D eigenvalue weighted by molar-refractivity contribution is 9.10. The fourth-order valence-electron chi connectivity index (χ4n) is 1.93. The van der Waals surface area contributed by atoms with Crippen LogP contribution in [0.2, 0.25) is 0 Å². The maximum absolute atomic E-state index is 5.93. The van der Waals surface area contributed by atoms with Crippen LogP contribution >= 0.6 is 47.8 Å². The first kappa shape index (κ1) is 15.0. The average molecular weight is 441 g/mol. The fraction of sp³-hybridized carbons (Fsp3) is 0.571. The van der Waals surface area contributed by atoms with E-state index in [1.807, 2.05) is 6.07 Å². The van der Waals surface area contributed by atoms with Crippen LogP contribution in [0.15, 0.2) is 28.7 Å². The molecule has 2 rings (SSSR count). The molecular weight excluding hydrogens is 424 g/mol. The van der Waals surface area contributed by atoms with Gasteiger partial charge in [-0.3, -0.25) is 0 Å². The monoisotopic (exact) mass is 438 g/mol. The topological polar surface area (TPSA) is 9.23 Å². The number of halogens is 3. The molecular formula is C14H17Br3O. The van der Waals surface area contributed by atoms with Gasteiger partial charge in [-0.1, -0.05) is 66.0 Å². The van der Waals surface area contributed by atoms with Crippen molar-refractivity contribution in [2.24, 2.45) is 5.92 Å². The first-order chi connectivity index (χ1) is 8.72. The zero-order valence-corrected chi connectivity index (χ0v) is 14.9.